The fourth-order valence-electron chi connectivity index (χ4n) is 2.57. The van der Waals surface area contributed by atoms with Crippen LogP contribution in [0.2, 0.25) is 0 Å². The van der Waals surface area contributed by atoms with Crippen LogP contribution in [0.1, 0.15) is 5.56 Å². The third-order valence-electron chi connectivity index (χ3n) is 3.78. The monoisotopic (exact) mass is 319 g/mol. The molecule has 0 bridgehead atoms. The van der Waals surface area contributed by atoms with Gasteiger partial charge in [-0.2, -0.15) is 0 Å². The molecule has 4 rings (SSSR count). The second-order valence-corrected chi connectivity index (χ2v) is 5.36. The Morgan fingerprint density at radius 3 is 2.79 bits per heavy atom. The van der Waals surface area contributed by atoms with Crippen molar-refractivity contribution in [2.75, 3.05) is 0 Å². The van der Waals surface area contributed by atoms with Crippen molar-refractivity contribution in [1.82, 2.24) is 14.4 Å². The minimum absolute atomic E-state index is 0.319. The largest absolute Gasteiger partial charge is 0.489 e. The molecule has 118 valence electrons. The predicted octanol–water partition coefficient (Wildman–Crippen LogP) is 4.11. The van der Waals surface area contributed by atoms with E-state index in [0.717, 1.165) is 5.56 Å². The third-order valence-corrected chi connectivity index (χ3v) is 3.78. The maximum absolute atomic E-state index is 14.3. The average molecular weight is 319 g/mol. The van der Waals surface area contributed by atoms with Gasteiger partial charge in [-0.3, -0.25) is 9.38 Å². The van der Waals surface area contributed by atoms with Crippen LogP contribution in [0.15, 0.2) is 73.3 Å². The zero-order valence-corrected chi connectivity index (χ0v) is 12.8. The van der Waals surface area contributed by atoms with Crippen LogP contribution >= 0.6 is 0 Å². The second-order valence-electron chi connectivity index (χ2n) is 5.36. The summed E-state index contributed by atoms with van der Waals surface area (Å²) in [6.45, 7) is 0.434. The van der Waals surface area contributed by atoms with Crippen molar-refractivity contribution in [3.8, 4) is 17.0 Å². The summed E-state index contributed by atoms with van der Waals surface area (Å²) in [6, 6.07) is 14.6. The van der Waals surface area contributed by atoms with Gasteiger partial charge in [0, 0.05) is 18.0 Å². The molecule has 0 radical (unpaired) electrons. The van der Waals surface area contributed by atoms with E-state index in [1.54, 1.807) is 41.3 Å². The smallest absolute Gasteiger partial charge is 0.155 e. The number of hydrogen-bond acceptors (Lipinski definition) is 3. The van der Waals surface area contributed by atoms with E-state index in [0.29, 0.717) is 29.3 Å². The summed E-state index contributed by atoms with van der Waals surface area (Å²) in [5.41, 5.74) is 2.83. The number of fused-ring (bicyclic) bond motifs is 1. The highest BCUT2D eigenvalue weighted by atomic mass is 19.1. The van der Waals surface area contributed by atoms with Crippen LogP contribution in [0.25, 0.3) is 16.9 Å². The van der Waals surface area contributed by atoms with E-state index in [9.17, 15) is 4.39 Å². The molecule has 0 saturated heterocycles. The Hall–Kier alpha value is -3.21. The molecule has 0 saturated carbocycles. The van der Waals surface area contributed by atoms with Gasteiger partial charge in [-0.1, -0.05) is 30.3 Å². The lowest BCUT2D eigenvalue weighted by molar-refractivity contribution is 0.306. The summed E-state index contributed by atoms with van der Waals surface area (Å²) < 4.78 is 21.9. The Balaban J connectivity index is 1.66. The summed E-state index contributed by atoms with van der Waals surface area (Å²) >= 11 is 0. The van der Waals surface area contributed by atoms with Crippen LogP contribution in [0, 0.1) is 5.82 Å². The molecule has 2 heterocycles. The van der Waals surface area contributed by atoms with E-state index in [1.165, 1.54) is 6.07 Å². The fourth-order valence-corrected chi connectivity index (χ4v) is 2.57. The van der Waals surface area contributed by atoms with Gasteiger partial charge in [0.05, 0.1) is 18.1 Å². The number of imidazole rings is 1. The number of nitrogens with zero attached hydrogens (tertiary/aromatic N) is 3. The Morgan fingerprint density at radius 1 is 1.04 bits per heavy atom. The lowest BCUT2D eigenvalue weighted by Gasteiger charge is -2.09. The molecule has 4 nitrogen and oxygen atoms in total. The maximum Gasteiger partial charge on any atom is 0.155 e. The highest BCUT2D eigenvalue weighted by molar-refractivity contribution is 5.65. The number of hydrogen-bond donors (Lipinski definition) is 0. The number of rotatable bonds is 4. The highest BCUT2D eigenvalue weighted by Crippen LogP contribution is 2.28. The molecule has 0 aliphatic rings. The van der Waals surface area contributed by atoms with Crippen molar-refractivity contribution in [2.45, 2.75) is 6.61 Å². The zero-order chi connectivity index (χ0) is 16.4. The molecule has 0 amide bonds. The Bertz CT molecular complexity index is 982. The van der Waals surface area contributed by atoms with Gasteiger partial charge in [-0.25, -0.2) is 9.37 Å². The standard InChI is InChI=1S/C19H14FN3O/c20-17-7-6-15(24-13-14-4-2-1-3-5-14)10-16(17)18-11-22-19-12-21-8-9-23(18)19/h1-12H,13H2. The zero-order valence-electron chi connectivity index (χ0n) is 12.8. The number of aromatic nitrogens is 3. The maximum atomic E-state index is 14.3. The molecule has 5 heteroatoms. The van der Waals surface area contributed by atoms with Gasteiger partial charge in [0.1, 0.15) is 18.2 Å². The lowest BCUT2D eigenvalue weighted by atomic mass is 10.1. The first-order valence-corrected chi connectivity index (χ1v) is 7.55. The average Bonchev–Trinajstić information content (AvgIpc) is 3.06. The van der Waals surface area contributed by atoms with Crippen molar-refractivity contribution < 1.29 is 9.13 Å². The minimum atomic E-state index is -0.319. The number of ether oxygens (including phenoxy) is 1. The first-order chi connectivity index (χ1) is 11.8. The number of halogens is 1. The molecular formula is C19H14FN3O. The molecule has 0 aliphatic heterocycles. The van der Waals surface area contributed by atoms with Crippen LogP contribution in [0.3, 0.4) is 0 Å². The molecule has 0 aliphatic carbocycles. The molecule has 2 aromatic heterocycles. The quantitative estimate of drug-likeness (QED) is 0.568. The van der Waals surface area contributed by atoms with Crippen LogP contribution in [0.5, 0.6) is 5.75 Å². The Morgan fingerprint density at radius 2 is 1.92 bits per heavy atom. The van der Waals surface area contributed by atoms with Crippen LogP contribution in [-0.4, -0.2) is 14.4 Å². The van der Waals surface area contributed by atoms with Crippen LogP contribution in [0.4, 0.5) is 4.39 Å². The van der Waals surface area contributed by atoms with Crippen molar-refractivity contribution >= 4 is 5.65 Å². The molecule has 2 aromatic carbocycles. The van der Waals surface area contributed by atoms with Gasteiger partial charge in [-0.15, -0.1) is 0 Å². The fraction of sp³-hybridized carbons (Fsp3) is 0.0526. The van der Waals surface area contributed by atoms with E-state index in [2.05, 4.69) is 9.97 Å². The van der Waals surface area contributed by atoms with E-state index < -0.39 is 0 Å². The summed E-state index contributed by atoms with van der Waals surface area (Å²) in [4.78, 5) is 8.27. The van der Waals surface area contributed by atoms with Gasteiger partial charge in [-0.05, 0) is 23.8 Å². The van der Waals surface area contributed by atoms with E-state index >= 15 is 0 Å². The first-order valence-electron chi connectivity index (χ1n) is 7.55. The van der Waals surface area contributed by atoms with Crippen molar-refractivity contribution in [3.05, 3.63) is 84.7 Å². The topological polar surface area (TPSA) is 39.4 Å². The molecule has 0 atom stereocenters. The molecule has 0 fully saturated rings. The van der Waals surface area contributed by atoms with Crippen LogP contribution in [-0.2, 0) is 6.61 Å². The predicted molar refractivity (Wildman–Crippen MR) is 89.2 cm³/mol. The summed E-state index contributed by atoms with van der Waals surface area (Å²) in [5, 5.41) is 0. The molecular weight excluding hydrogens is 305 g/mol. The third kappa shape index (κ3) is 2.72. The van der Waals surface area contributed by atoms with Gasteiger partial charge in [0.25, 0.3) is 0 Å². The molecule has 0 N–H and O–H groups in total. The van der Waals surface area contributed by atoms with Crippen LogP contribution < -0.4 is 4.74 Å². The Kier molecular flexibility index (Phi) is 3.67. The lowest BCUT2D eigenvalue weighted by Crippen LogP contribution is -1.97. The van der Waals surface area contributed by atoms with E-state index in [4.69, 9.17) is 4.74 Å². The summed E-state index contributed by atoms with van der Waals surface area (Å²) in [6.07, 6.45) is 6.67. The van der Waals surface area contributed by atoms with Crippen molar-refractivity contribution in [1.29, 1.82) is 0 Å². The molecule has 4 aromatic rings. The van der Waals surface area contributed by atoms with Crippen molar-refractivity contribution in [3.63, 3.8) is 0 Å². The highest BCUT2D eigenvalue weighted by Gasteiger charge is 2.12. The first kappa shape index (κ1) is 14.4. The summed E-state index contributed by atoms with van der Waals surface area (Å²) in [7, 11) is 0. The van der Waals surface area contributed by atoms with Gasteiger partial charge >= 0.3 is 0 Å². The van der Waals surface area contributed by atoms with Gasteiger partial charge in [0.2, 0.25) is 0 Å². The SMILES string of the molecule is Fc1ccc(OCc2ccccc2)cc1-c1cnc2cnccn12. The Labute approximate surface area is 138 Å². The minimum Gasteiger partial charge on any atom is -0.489 e. The second kappa shape index (κ2) is 6.12. The normalized spacial score (nSPS) is 10.9. The van der Waals surface area contributed by atoms with Crippen molar-refractivity contribution in [2.24, 2.45) is 0 Å². The van der Waals surface area contributed by atoms with Gasteiger partial charge in [0.15, 0.2) is 5.65 Å². The summed E-state index contributed by atoms with van der Waals surface area (Å²) in [5.74, 6) is 0.292. The molecule has 0 unspecified atom stereocenters. The molecule has 24 heavy (non-hydrogen) atoms. The van der Waals surface area contributed by atoms with E-state index in [1.807, 2.05) is 30.3 Å². The van der Waals surface area contributed by atoms with Gasteiger partial charge < -0.3 is 4.74 Å². The van der Waals surface area contributed by atoms with E-state index in [-0.39, 0.29) is 5.82 Å². The number of benzene rings is 2. The molecule has 0 spiro atoms.